The predicted molar refractivity (Wildman–Crippen MR) is 120 cm³/mol. The molecule has 0 aromatic heterocycles. The number of rotatable bonds is 9. The van der Waals surface area contributed by atoms with Crippen LogP contribution in [-0.2, 0) is 19.1 Å². The molecule has 0 bridgehead atoms. The zero-order valence-corrected chi connectivity index (χ0v) is 19.4. The molecule has 33 heavy (non-hydrogen) atoms. The Labute approximate surface area is 193 Å². The second kappa shape index (κ2) is 10.1. The van der Waals surface area contributed by atoms with Gasteiger partial charge < -0.3 is 10.1 Å². The quantitative estimate of drug-likeness (QED) is 0.332. The Morgan fingerprint density at radius 3 is 2.58 bits per heavy atom. The van der Waals surface area contributed by atoms with Crippen LogP contribution in [0.1, 0.15) is 80.0 Å². The molecule has 2 heterocycles. The van der Waals surface area contributed by atoms with Crippen LogP contribution in [0.3, 0.4) is 0 Å². The number of carbonyl (C=O) groups excluding carboxylic acids is 5. The maximum atomic E-state index is 13.0. The molecule has 2 N–H and O–H groups in total. The highest BCUT2D eigenvalue weighted by Crippen LogP contribution is 2.32. The van der Waals surface area contributed by atoms with Crippen molar-refractivity contribution in [3.8, 4) is 0 Å². The fraction of sp³-hybridized carbons (Fsp3) is 0.542. The van der Waals surface area contributed by atoms with Crippen molar-refractivity contribution in [3.63, 3.8) is 0 Å². The SMILES string of the molecule is CC(C)(C)COC(=O)CCCCCNc1cccc2c1C(=O)N(C1CCC(=O)NC1=O)C2=O. The summed E-state index contributed by atoms with van der Waals surface area (Å²) in [6.45, 7) is 6.99. The maximum Gasteiger partial charge on any atom is 0.305 e. The largest absolute Gasteiger partial charge is 0.465 e. The lowest BCUT2D eigenvalue weighted by atomic mass is 9.99. The Kier molecular flexibility index (Phi) is 7.50. The molecule has 3 rings (SSSR count). The summed E-state index contributed by atoms with van der Waals surface area (Å²) in [5, 5.41) is 5.39. The summed E-state index contributed by atoms with van der Waals surface area (Å²) in [7, 11) is 0. The molecule has 1 atom stereocenters. The monoisotopic (exact) mass is 457 g/mol. The molecule has 9 nitrogen and oxygen atoms in total. The number of unbranched alkanes of at least 4 members (excludes halogenated alkanes) is 2. The number of ether oxygens (including phenoxy) is 1. The van der Waals surface area contributed by atoms with E-state index < -0.39 is 29.7 Å². The van der Waals surface area contributed by atoms with Gasteiger partial charge in [-0.1, -0.05) is 33.3 Å². The van der Waals surface area contributed by atoms with E-state index in [0.717, 1.165) is 17.7 Å². The Balaban J connectivity index is 1.51. The Morgan fingerprint density at radius 1 is 1.12 bits per heavy atom. The first kappa shape index (κ1) is 24.4. The molecule has 1 saturated heterocycles. The third kappa shape index (κ3) is 5.97. The highest BCUT2D eigenvalue weighted by molar-refractivity contribution is 6.25. The molecule has 4 amide bonds. The summed E-state index contributed by atoms with van der Waals surface area (Å²) in [6, 6.07) is 3.99. The Hall–Kier alpha value is -3.23. The van der Waals surface area contributed by atoms with E-state index in [9.17, 15) is 24.0 Å². The van der Waals surface area contributed by atoms with Crippen LogP contribution < -0.4 is 10.6 Å². The van der Waals surface area contributed by atoms with Crippen molar-refractivity contribution >= 4 is 35.3 Å². The predicted octanol–water partition coefficient (Wildman–Crippen LogP) is 2.65. The molecule has 0 saturated carbocycles. The van der Waals surface area contributed by atoms with Gasteiger partial charge >= 0.3 is 5.97 Å². The first-order valence-corrected chi connectivity index (χ1v) is 11.3. The summed E-state index contributed by atoms with van der Waals surface area (Å²) in [5.74, 6) is -2.29. The Bertz CT molecular complexity index is 965. The molecule has 0 spiro atoms. The fourth-order valence-electron chi connectivity index (χ4n) is 3.83. The van der Waals surface area contributed by atoms with Gasteiger partial charge in [0.2, 0.25) is 11.8 Å². The number of anilines is 1. The number of imide groups is 2. The minimum atomic E-state index is -0.985. The van der Waals surface area contributed by atoms with Gasteiger partial charge in [-0.15, -0.1) is 0 Å². The lowest BCUT2D eigenvalue weighted by molar-refractivity contribution is -0.146. The number of benzene rings is 1. The minimum Gasteiger partial charge on any atom is -0.465 e. The van der Waals surface area contributed by atoms with Gasteiger partial charge in [0.1, 0.15) is 6.04 Å². The highest BCUT2D eigenvalue weighted by Gasteiger charge is 2.45. The number of fused-ring (bicyclic) bond motifs is 1. The normalized spacial score (nSPS) is 18.3. The third-order valence-electron chi connectivity index (χ3n) is 5.51. The molecule has 2 aliphatic rings. The summed E-state index contributed by atoms with van der Waals surface area (Å²) in [6.07, 6.45) is 2.86. The van der Waals surface area contributed by atoms with Crippen LogP contribution in [0.15, 0.2) is 18.2 Å². The molecular formula is C24H31N3O6. The number of nitrogens with one attached hydrogen (secondary N) is 2. The lowest BCUT2D eigenvalue weighted by Gasteiger charge is -2.27. The van der Waals surface area contributed by atoms with Crippen LogP contribution in [0.5, 0.6) is 0 Å². The molecule has 178 valence electrons. The zero-order chi connectivity index (χ0) is 24.2. The van der Waals surface area contributed by atoms with E-state index in [1.54, 1.807) is 18.2 Å². The molecule has 1 fully saturated rings. The van der Waals surface area contributed by atoms with Crippen LogP contribution in [0.25, 0.3) is 0 Å². The van der Waals surface area contributed by atoms with Crippen LogP contribution in [-0.4, -0.2) is 53.7 Å². The average molecular weight is 458 g/mol. The maximum absolute atomic E-state index is 13.0. The first-order chi connectivity index (χ1) is 15.6. The van der Waals surface area contributed by atoms with Gasteiger partial charge in [-0.05, 0) is 36.8 Å². The van der Waals surface area contributed by atoms with Gasteiger partial charge in [0.05, 0.1) is 17.7 Å². The van der Waals surface area contributed by atoms with E-state index in [4.69, 9.17) is 4.74 Å². The van der Waals surface area contributed by atoms with Crippen LogP contribution >= 0.6 is 0 Å². The molecule has 0 aliphatic carbocycles. The topological polar surface area (TPSA) is 122 Å². The lowest BCUT2D eigenvalue weighted by Crippen LogP contribution is -2.54. The minimum absolute atomic E-state index is 0.0534. The van der Waals surface area contributed by atoms with Crippen molar-refractivity contribution in [1.29, 1.82) is 0 Å². The number of amides is 4. The van der Waals surface area contributed by atoms with Crippen molar-refractivity contribution in [1.82, 2.24) is 10.2 Å². The van der Waals surface area contributed by atoms with Crippen molar-refractivity contribution in [2.75, 3.05) is 18.5 Å². The number of hydrogen-bond donors (Lipinski definition) is 2. The van der Waals surface area contributed by atoms with Crippen molar-refractivity contribution in [2.24, 2.45) is 5.41 Å². The second-order valence-electron chi connectivity index (χ2n) is 9.63. The van der Waals surface area contributed by atoms with E-state index in [-0.39, 0.29) is 35.4 Å². The third-order valence-corrected chi connectivity index (χ3v) is 5.51. The number of nitrogens with zero attached hydrogens (tertiary/aromatic N) is 1. The number of carbonyl (C=O) groups is 5. The number of piperidine rings is 1. The second-order valence-corrected chi connectivity index (χ2v) is 9.63. The van der Waals surface area contributed by atoms with Crippen LogP contribution in [0.2, 0.25) is 0 Å². The van der Waals surface area contributed by atoms with E-state index in [1.807, 2.05) is 20.8 Å². The highest BCUT2D eigenvalue weighted by atomic mass is 16.5. The number of hydrogen-bond acceptors (Lipinski definition) is 7. The van der Waals surface area contributed by atoms with Gasteiger partial charge in [-0.3, -0.25) is 34.2 Å². The van der Waals surface area contributed by atoms with E-state index in [0.29, 0.717) is 31.7 Å². The van der Waals surface area contributed by atoms with Crippen molar-refractivity contribution in [3.05, 3.63) is 29.3 Å². The van der Waals surface area contributed by atoms with Crippen molar-refractivity contribution < 1.29 is 28.7 Å². The van der Waals surface area contributed by atoms with Gasteiger partial charge in [-0.2, -0.15) is 0 Å². The van der Waals surface area contributed by atoms with E-state index >= 15 is 0 Å². The van der Waals surface area contributed by atoms with Gasteiger partial charge in [-0.25, -0.2) is 0 Å². The molecule has 2 aliphatic heterocycles. The molecule has 0 radical (unpaired) electrons. The average Bonchev–Trinajstić information content (AvgIpc) is 3.00. The summed E-state index contributed by atoms with van der Waals surface area (Å²) < 4.78 is 5.25. The van der Waals surface area contributed by atoms with Gasteiger partial charge in [0, 0.05) is 25.1 Å². The molecular weight excluding hydrogens is 426 g/mol. The van der Waals surface area contributed by atoms with Crippen molar-refractivity contribution in [2.45, 2.75) is 65.3 Å². The van der Waals surface area contributed by atoms with Crippen LogP contribution in [0.4, 0.5) is 5.69 Å². The standard InChI is InChI=1S/C24H31N3O6/c1-24(2,3)14-33-19(29)10-5-4-6-13-25-16-9-7-8-15-20(16)23(32)27(22(15)31)17-11-12-18(28)26-21(17)30/h7-9,17,25H,4-6,10-14H2,1-3H3,(H,26,28,30). The van der Waals surface area contributed by atoms with E-state index in [2.05, 4.69) is 10.6 Å². The summed E-state index contributed by atoms with van der Waals surface area (Å²) >= 11 is 0. The van der Waals surface area contributed by atoms with Gasteiger partial charge in [0.25, 0.3) is 11.8 Å². The molecule has 1 aromatic rings. The molecule has 1 aromatic carbocycles. The molecule has 9 heteroatoms. The first-order valence-electron chi connectivity index (χ1n) is 11.3. The Morgan fingerprint density at radius 2 is 1.88 bits per heavy atom. The van der Waals surface area contributed by atoms with Crippen LogP contribution in [0, 0.1) is 5.41 Å². The van der Waals surface area contributed by atoms with Gasteiger partial charge in [0.15, 0.2) is 0 Å². The van der Waals surface area contributed by atoms with E-state index in [1.165, 1.54) is 0 Å². The number of esters is 1. The molecule has 1 unspecified atom stereocenters. The smallest absolute Gasteiger partial charge is 0.305 e. The summed E-state index contributed by atoms with van der Waals surface area (Å²) in [5.41, 5.74) is 0.974. The fourth-order valence-corrected chi connectivity index (χ4v) is 3.83. The summed E-state index contributed by atoms with van der Waals surface area (Å²) in [4.78, 5) is 62.3. The zero-order valence-electron chi connectivity index (χ0n) is 19.4.